The molecular weight excluding hydrogens is 285 g/mol. The molecule has 0 saturated carbocycles. The molecule has 0 radical (unpaired) electrons. The van der Waals surface area contributed by atoms with Crippen molar-refractivity contribution in [2.24, 2.45) is 0 Å². The molecule has 0 aliphatic heterocycles. The highest BCUT2D eigenvalue weighted by atomic mass is 28.3. The molecule has 0 aromatic heterocycles. The van der Waals surface area contributed by atoms with Crippen LogP contribution in [0.4, 0.5) is 13.2 Å². The highest BCUT2D eigenvalue weighted by molar-refractivity contribution is 6.81. The van der Waals surface area contributed by atoms with E-state index in [0.717, 1.165) is 12.1 Å². The van der Waals surface area contributed by atoms with E-state index >= 15 is 0 Å². The minimum absolute atomic E-state index is 0.272. The summed E-state index contributed by atoms with van der Waals surface area (Å²) in [6.45, 7) is 6.01. The van der Waals surface area contributed by atoms with E-state index in [9.17, 15) is 18.0 Å². The van der Waals surface area contributed by atoms with Gasteiger partial charge in [-0.25, -0.2) is 0 Å². The van der Waals surface area contributed by atoms with Crippen LogP contribution in [0.15, 0.2) is 30.0 Å². The van der Waals surface area contributed by atoms with Crippen LogP contribution in [0.2, 0.25) is 19.6 Å². The Kier molecular flexibility index (Phi) is 4.80. The fourth-order valence-electron chi connectivity index (χ4n) is 1.82. The molecule has 0 saturated heterocycles. The second-order valence-electron chi connectivity index (χ2n) is 5.68. The first-order valence-corrected chi connectivity index (χ1v) is 9.68. The minimum atomic E-state index is -4.43. The van der Waals surface area contributed by atoms with Gasteiger partial charge in [0.15, 0.2) is 0 Å². The van der Waals surface area contributed by atoms with E-state index in [1.165, 1.54) is 12.1 Å². The van der Waals surface area contributed by atoms with Crippen LogP contribution in [0.25, 0.3) is 5.57 Å². The van der Waals surface area contributed by atoms with Crippen molar-refractivity contribution < 1.29 is 23.1 Å². The molecule has 0 atom stereocenters. The smallest absolute Gasteiger partial charge is 0.416 e. The Morgan fingerprint density at radius 2 is 1.90 bits per heavy atom. The topological polar surface area (TPSA) is 37.3 Å². The molecule has 0 spiro atoms. The number of aliphatic carboxylic acids is 1. The van der Waals surface area contributed by atoms with Gasteiger partial charge in [-0.3, -0.25) is 4.79 Å². The highest BCUT2D eigenvalue weighted by Gasteiger charge is 2.30. The third-order valence-corrected chi connectivity index (χ3v) is 3.72. The number of alkyl halides is 3. The molecule has 0 fully saturated rings. The van der Waals surface area contributed by atoms with Crippen molar-refractivity contribution in [3.8, 4) is 0 Å². The summed E-state index contributed by atoms with van der Waals surface area (Å²) in [4.78, 5) is 10.9. The number of carboxylic acid groups (broad SMARTS) is 1. The fraction of sp³-hybridized carbons (Fsp3) is 0.357. The number of benzene rings is 1. The SMILES string of the molecule is C[Si](C)(C)/C=C(/CC(=O)O)c1cccc(C(F)(F)F)c1. The lowest BCUT2D eigenvalue weighted by molar-refractivity contribution is -0.137. The van der Waals surface area contributed by atoms with Gasteiger partial charge in [-0.05, 0) is 23.3 Å². The number of carboxylic acids is 1. The average molecular weight is 302 g/mol. The van der Waals surface area contributed by atoms with Gasteiger partial charge in [0, 0.05) is 0 Å². The van der Waals surface area contributed by atoms with E-state index < -0.39 is 25.8 Å². The van der Waals surface area contributed by atoms with Gasteiger partial charge in [0.1, 0.15) is 0 Å². The van der Waals surface area contributed by atoms with Gasteiger partial charge in [-0.2, -0.15) is 13.2 Å². The van der Waals surface area contributed by atoms with Gasteiger partial charge in [0.25, 0.3) is 0 Å². The van der Waals surface area contributed by atoms with Crippen molar-refractivity contribution >= 4 is 19.6 Å². The van der Waals surface area contributed by atoms with Gasteiger partial charge in [0.05, 0.1) is 20.1 Å². The first-order valence-electron chi connectivity index (χ1n) is 6.10. The molecule has 1 aromatic carbocycles. The molecular formula is C14H17F3O2Si. The van der Waals surface area contributed by atoms with Crippen LogP contribution >= 0.6 is 0 Å². The predicted molar refractivity (Wildman–Crippen MR) is 75.0 cm³/mol. The second-order valence-corrected chi connectivity index (χ2v) is 10.7. The zero-order valence-corrected chi connectivity index (χ0v) is 12.6. The maximum atomic E-state index is 12.7. The third kappa shape index (κ3) is 5.20. The van der Waals surface area contributed by atoms with Crippen molar-refractivity contribution in [1.82, 2.24) is 0 Å². The molecule has 1 N–H and O–H groups in total. The summed E-state index contributed by atoms with van der Waals surface area (Å²) in [7, 11) is -1.74. The predicted octanol–water partition coefficient (Wildman–Crippen LogP) is 4.44. The lowest BCUT2D eigenvalue weighted by Crippen LogP contribution is -2.17. The Hall–Kier alpha value is -1.56. The first-order chi connectivity index (χ1) is 8.99. The van der Waals surface area contributed by atoms with Crippen LogP contribution in [0, 0.1) is 0 Å². The van der Waals surface area contributed by atoms with Crippen LogP contribution in [0.1, 0.15) is 17.5 Å². The number of hydrogen-bond donors (Lipinski definition) is 1. The molecule has 2 nitrogen and oxygen atoms in total. The lowest BCUT2D eigenvalue weighted by Gasteiger charge is -2.15. The molecule has 0 amide bonds. The van der Waals surface area contributed by atoms with Gasteiger partial charge >= 0.3 is 12.1 Å². The summed E-state index contributed by atoms with van der Waals surface area (Å²) in [5.74, 6) is -1.05. The summed E-state index contributed by atoms with van der Waals surface area (Å²) in [6.07, 6.45) is -4.70. The van der Waals surface area contributed by atoms with Crippen LogP contribution in [-0.4, -0.2) is 19.1 Å². The monoisotopic (exact) mass is 302 g/mol. The largest absolute Gasteiger partial charge is 0.481 e. The van der Waals surface area contributed by atoms with Crippen molar-refractivity contribution in [2.75, 3.05) is 0 Å². The van der Waals surface area contributed by atoms with Crippen LogP contribution in [0.3, 0.4) is 0 Å². The number of carbonyl (C=O) groups is 1. The van der Waals surface area contributed by atoms with Gasteiger partial charge in [-0.15, -0.1) is 0 Å². The van der Waals surface area contributed by atoms with Gasteiger partial charge in [0.2, 0.25) is 0 Å². The molecule has 0 heterocycles. The van der Waals surface area contributed by atoms with Gasteiger partial charge < -0.3 is 5.11 Å². The van der Waals surface area contributed by atoms with Crippen molar-refractivity contribution in [2.45, 2.75) is 32.2 Å². The first kappa shape index (κ1) is 16.5. The van der Waals surface area contributed by atoms with Crippen molar-refractivity contribution in [3.63, 3.8) is 0 Å². The molecule has 1 aromatic rings. The maximum absolute atomic E-state index is 12.7. The quantitative estimate of drug-likeness (QED) is 0.835. The van der Waals surface area contributed by atoms with E-state index in [4.69, 9.17) is 5.11 Å². The normalized spacial score (nSPS) is 13.4. The zero-order valence-electron chi connectivity index (χ0n) is 11.6. The number of hydrogen-bond acceptors (Lipinski definition) is 1. The summed E-state index contributed by atoms with van der Waals surface area (Å²) in [5.41, 5.74) is 1.84. The maximum Gasteiger partial charge on any atom is 0.416 e. The molecule has 0 aliphatic carbocycles. The Labute approximate surface area is 116 Å². The number of rotatable bonds is 4. The Balaban J connectivity index is 3.28. The molecule has 20 heavy (non-hydrogen) atoms. The van der Waals surface area contributed by atoms with E-state index in [0.29, 0.717) is 11.1 Å². The summed E-state index contributed by atoms with van der Waals surface area (Å²) < 4.78 is 38.1. The fourth-order valence-corrected chi connectivity index (χ4v) is 3.13. The van der Waals surface area contributed by atoms with Crippen LogP contribution in [-0.2, 0) is 11.0 Å². The van der Waals surface area contributed by atoms with Crippen molar-refractivity contribution in [1.29, 1.82) is 0 Å². The summed E-state index contributed by atoms with van der Waals surface area (Å²) in [5, 5.41) is 8.92. The molecule has 110 valence electrons. The number of halogens is 3. The Morgan fingerprint density at radius 1 is 1.30 bits per heavy atom. The summed E-state index contributed by atoms with van der Waals surface area (Å²) >= 11 is 0. The Morgan fingerprint density at radius 3 is 2.35 bits per heavy atom. The van der Waals surface area contributed by atoms with E-state index in [-0.39, 0.29) is 6.42 Å². The van der Waals surface area contributed by atoms with E-state index in [1.807, 2.05) is 25.3 Å². The molecule has 1 rings (SSSR count). The standard InChI is InChI=1S/C14H17F3O2Si/c1-20(2,3)9-11(8-13(18)19)10-5-4-6-12(7-10)14(15,16)17/h4-7,9H,8H2,1-3H3,(H,18,19)/b11-9-. The lowest BCUT2D eigenvalue weighted by atomic mass is 10.0. The van der Waals surface area contributed by atoms with Crippen LogP contribution in [0.5, 0.6) is 0 Å². The highest BCUT2D eigenvalue weighted by Crippen LogP contribution is 2.32. The molecule has 0 aliphatic rings. The molecule has 0 unspecified atom stereocenters. The molecule has 0 bridgehead atoms. The zero-order chi connectivity index (χ0) is 15.6. The summed E-state index contributed by atoms with van der Waals surface area (Å²) in [6, 6.07) is 4.81. The Bertz CT molecular complexity index is 528. The average Bonchev–Trinajstić information content (AvgIpc) is 2.24. The van der Waals surface area contributed by atoms with E-state index in [2.05, 4.69) is 0 Å². The minimum Gasteiger partial charge on any atom is -0.481 e. The van der Waals surface area contributed by atoms with Gasteiger partial charge in [-0.1, -0.05) is 37.5 Å². The third-order valence-electron chi connectivity index (χ3n) is 2.51. The van der Waals surface area contributed by atoms with Crippen LogP contribution < -0.4 is 0 Å². The van der Waals surface area contributed by atoms with Crippen molar-refractivity contribution in [3.05, 3.63) is 41.1 Å². The second kappa shape index (κ2) is 5.83. The molecule has 6 heteroatoms. The van der Waals surface area contributed by atoms with E-state index in [1.54, 1.807) is 0 Å².